The SMILES string of the molecule is O=C(Nc1ccc2[nH]nc(-c3ccc(F)cc3)c2c1)[C@@H]1CCN(CC(=O)N2CCN(c3ccccn3)CC2)C1. The topological polar surface area (TPSA) is 97.5 Å². The van der Waals surface area contributed by atoms with Gasteiger partial charge in [0.25, 0.3) is 0 Å². The number of rotatable bonds is 6. The van der Waals surface area contributed by atoms with Crippen molar-refractivity contribution in [3.05, 3.63) is 72.7 Å². The Morgan fingerprint density at radius 1 is 1.00 bits per heavy atom. The first kappa shape index (κ1) is 25.0. The Kier molecular flexibility index (Phi) is 6.93. The van der Waals surface area contributed by atoms with Crippen LogP contribution in [0.1, 0.15) is 6.42 Å². The standard InChI is InChI=1S/C29H30FN7O2/c30-22-6-4-20(5-7-22)28-24-17-23(8-9-25(24)33-34-28)32-29(39)21-10-12-35(18-21)19-27(38)37-15-13-36(14-16-37)26-3-1-2-11-31-26/h1-9,11,17,21H,10,12-16,18-19H2,(H,32,39)(H,33,34)/t21-/m1/s1. The Balaban J connectivity index is 1.02. The van der Waals surface area contributed by atoms with Gasteiger partial charge in [0, 0.05) is 55.6 Å². The van der Waals surface area contributed by atoms with E-state index in [4.69, 9.17) is 0 Å². The van der Waals surface area contributed by atoms with E-state index in [1.807, 2.05) is 41.3 Å². The fourth-order valence-corrected chi connectivity index (χ4v) is 5.37. The van der Waals surface area contributed by atoms with Crippen molar-refractivity contribution in [3.63, 3.8) is 0 Å². The van der Waals surface area contributed by atoms with Crippen molar-refractivity contribution in [2.24, 2.45) is 5.92 Å². The summed E-state index contributed by atoms with van der Waals surface area (Å²) >= 11 is 0. The summed E-state index contributed by atoms with van der Waals surface area (Å²) in [5, 5.41) is 11.3. The lowest BCUT2D eigenvalue weighted by atomic mass is 10.1. The van der Waals surface area contributed by atoms with Crippen molar-refractivity contribution < 1.29 is 14.0 Å². The van der Waals surface area contributed by atoms with E-state index in [1.54, 1.807) is 18.3 Å². The fourth-order valence-electron chi connectivity index (χ4n) is 5.37. The number of fused-ring (bicyclic) bond motifs is 1. The van der Waals surface area contributed by atoms with Gasteiger partial charge in [0.05, 0.1) is 23.7 Å². The van der Waals surface area contributed by atoms with Crippen LogP contribution in [0.2, 0.25) is 0 Å². The van der Waals surface area contributed by atoms with Gasteiger partial charge in [-0.25, -0.2) is 9.37 Å². The number of aromatic nitrogens is 3. The van der Waals surface area contributed by atoms with Crippen LogP contribution in [0.25, 0.3) is 22.2 Å². The lowest BCUT2D eigenvalue weighted by molar-refractivity contribution is -0.132. The van der Waals surface area contributed by atoms with Crippen LogP contribution in [0.4, 0.5) is 15.9 Å². The zero-order valence-electron chi connectivity index (χ0n) is 21.5. The molecule has 0 aliphatic carbocycles. The molecular formula is C29H30FN7O2. The average molecular weight is 528 g/mol. The van der Waals surface area contributed by atoms with Gasteiger partial charge in [-0.05, 0) is 67.6 Å². The molecule has 2 fully saturated rings. The molecule has 39 heavy (non-hydrogen) atoms. The Bertz CT molecular complexity index is 1470. The lowest BCUT2D eigenvalue weighted by Gasteiger charge is -2.36. The third kappa shape index (κ3) is 5.46. The molecule has 9 nitrogen and oxygen atoms in total. The molecule has 0 bridgehead atoms. The minimum absolute atomic E-state index is 0.0555. The number of hydrogen-bond donors (Lipinski definition) is 2. The number of anilines is 2. The van der Waals surface area contributed by atoms with Gasteiger partial charge in [0.1, 0.15) is 11.6 Å². The molecule has 2 aliphatic rings. The number of carbonyl (C=O) groups excluding carboxylic acids is 2. The Morgan fingerprint density at radius 2 is 1.82 bits per heavy atom. The number of halogens is 1. The Hall–Kier alpha value is -4.31. The quantitative estimate of drug-likeness (QED) is 0.399. The van der Waals surface area contributed by atoms with Crippen molar-refractivity contribution in [2.75, 3.05) is 56.0 Å². The molecule has 1 atom stereocenters. The Labute approximate surface area is 225 Å². The van der Waals surface area contributed by atoms with Gasteiger partial charge in [-0.1, -0.05) is 6.07 Å². The van der Waals surface area contributed by atoms with E-state index in [-0.39, 0.29) is 23.5 Å². The number of nitrogens with one attached hydrogen (secondary N) is 2. The number of benzene rings is 2. The van der Waals surface area contributed by atoms with Gasteiger partial charge in [-0.2, -0.15) is 5.10 Å². The molecule has 2 aliphatic heterocycles. The van der Waals surface area contributed by atoms with Crippen LogP contribution in [-0.4, -0.2) is 82.6 Å². The largest absolute Gasteiger partial charge is 0.353 e. The first-order valence-electron chi connectivity index (χ1n) is 13.2. The Morgan fingerprint density at radius 3 is 2.59 bits per heavy atom. The molecule has 200 valence electrons. The molecule has 4 heterocycles. The summed E-state index contributed by atoms with van der Waals surface area (Å²) in [5.74, 6) is 0.504. The van der Waals surface area contributed by atoms with Crippen molar-refractivity contribution in [1.29, 1.82) is 0 Å². The van der Waals surface area contributed by atoms with Crippen LogP contribution < -0.4 is 10.2 Å². The first-order chi connectivity index (χ1) is 19.0. The van der Waals surface area contributed by atoms with Gasteiger partial charge in [0.15, 0.2) is 0 Å². The molecule has 0 unspecified atom stereocenters. The smallest absolute Gasteiger partial charge is 0.236 e. The average Bonchev–Trinajstić information content (AvgIpc) is 3.61. The van der Waals surface area contributed by atoms with Gasteiger partial charge in [0.2, 0.25) is 11.8 Å². The predicted octanol–water partition coefficient (Wildman–Crippen LogP) is 3.37. The number of likely N-dealkylation sites (tertiary alicyclic amines) is 1. The van der Waals surface area contributed by atoms with Crippen molar-refractivity contribution in [2.45, 2.75) is 6.42 Å². The maximum Gasteiger partial charge on any atom is 0.236 e. The minimum Gasteiger partial charge on any atom is -0.353 e. The van der Waals surface area contributed by atoms with Gasteiger partial charge < -0.3 is 15.1 Å². The number of nitrogens with zero attached hydrogens (tertiary/aromatic N) is 5. The molecule has 0 radical (unpaired) electrons. The summed E-state index contributed by atoms with van der Waals surface area (Å²) in [6, 6.07) is 17.6. The van der Waals surface area contributed by atoms with Crippen LogP contribution in [-0.2, 0) is 9.59 Å². The summed E-state index contributed by atoms with van der Waals surface area (Å²) in [7, 11) is 0. The number of aromatic amines is 1. The van der Waals surface area contributed by atoms with Crippen molar-refractivity contribution >= 4 is 34.2 Å². The number of H-pyrrole nitrogens is 1. The van der Waals surface area contributed by atoms with E-state index in [0.29, 0.717) is 50.5 Å². The molecule has 6 rings (SSSR count). The van der Waals surface area contributed by atoms with Crippen molar-refractivity contribution in [1.82, 2.24) is 25.0 Å². The number of hydrogen-bond acceptors (Lipinski definition) is 6. The number of amides is 2. The second-order valence-electron chi connectivity index (χ2n) is 10.1. The monoisotopic (exact) mass is 527 g/mol. The third-order valence-corrected chi connectivity index (χ3v) is 7.56. The fraction of sp³-hybridized carbons (Fsp3) is 0.310. The minimum atomic E-state index is -0.304. The normalized spacial score (nSPS) is 18.0. The van der Waals surface area contributed by atoms with Crippen LogP contribution in [0.3, 0.4) is 0 Å². The number of piperazine rings is 1. The molecule has 2 aromatic carbocycles. The van der Waals surface area contributed by atoms with Gasteiger partial charge >= 0.3 is 0 Å². The van der Waals surface area contributed by atoms with Gasteiger partial charge in [-0.15, -0.1) is 0 Å². The molecule has 10 heteroatoms. The number of carbonyl (C=O) groups is 2. The zero-order valence-corrected chi connectivity index (χ0v) is 21.5. The summed E-state index contributed by atoms with van der Waals surface area (Å²) in [6.45, 7) is 4.46. The molecule has 0 spiro atoms. The summed E-state index contributed by atoms with van der Waals surface area (Å²) in [4.78, 5) is 36.6. The van der Waals surface area contributed by atoms with Crippen LogP contribution in [0.5, 0.6) is 0 Å². The van der Waals surface area contributed by atoms with Crippen LogP contribution in [0, 0.1) is 11.7 Å². The van der Waals surface area contributed by atoms with E-state index >= 15 is 0 Å². The third-order valence-electron chi connectivity index (χ3n) is 7.56. The molecule has 0 saturated carbocycles. The highest BCUT2D eigenvalue weighted by Gasteiger charge is 2.31. The summed E-state index contributed by atoms with van der Waals surface area (Å²) in [5.41, 5.74) is 3.00. The lowest BCUT2D eigenvalue weighted by Crippen LogP contribution is -2.51. The molecule has 2 aromatic heterocycles. The number of pyridine rings is 1. The first-order valence-corrected chi connectivity index (χ1v) is 13.2. The zero-order chi connectivity index (χ0) is 26.8. The highest BCUT2D eigenvalue weighted by Crippen LogP contribution is 2.29. The maximum atomic E-state index is 13.4. The molecule has 2 N–H and O–H groups in total. The molecule has 4 aromatic rings. The maximum absolute atomic E-state index is 13.4. The molecule has 2 amide bonds. The van der Waals surface area contributed by atoms with E-state index in [9.17, 15) is 14.0 Å². The second-order valence-corrected chi connectivity index (χ2v) is 10.1. The van der Waals surface area contributed by atoms with Gasteiger partial charge in [-0.3, -0.25) is 19.6 Å². The summed E-state index contributed by atoms with van der Waals surface area (Å²) in [6.07, 6.45) is 2.50. The molecular weight excluding hydrogens is 497 g/mol. The van der Waals surface area contributed by atoms with Crippen LogP contribution >= 0.6 is 0 Å². The summed E-state index contributed by atoms with van der Waals surface area (Å²) < 4.78 is 13.4. The molecule has 2 saturated heterocycles. The second kappa shape index (κ2) is 10.8. The highest BCUT2D eigenvalue weighted by atomic mass is 19.1. The van der Waals surface area contributed by atoms with E-state index in [0.717, 1.165) is 35.4 Å². The predicted molar refractivity (Wildman–Crippen MR) is 148 cm³/mol. The van der Waals surface area contributed by atoms with E-state index in [2.05, 4.69) is 30.3 Å². The van der Waals surface area contributed by atoms with E-state index in [1.165, 1.54) is 12.1 Å². The van der Waals surface area contributed by atoms with Crippen molar-refractivity contribution in [3.8, 4) is 11.3 Å². The van der Waals surface area contributed by atoms with E-state index < -0.39 is 0 Å². The van der Waals surface area contributed by atoms with Crippen LogP contribution in [0.15, 0.2) is 66.9 Å². The highest BCUT2D eigenvalue weighted by molar-refractivity contribution is 5.99.